The lowest BCUT2D eigenvalue weighted by Gasteiger charge is -2.34. The molecule has 2 N–H and O–H groups in total. The molecule has 0 bridgehead atoms. The Kier molecular flexibility index (Phi) is 7.22. The van der Waals surface area contributed by atoms with Gasteiger partial charge in [-0.25, -0.2) is 4.39 Å². The Morgan fingerprint density at radius 1 is 1.22 bits per heavy atom. The molecule has 0 spiro atoms. The molecular weight excluding hydrogens is 455 g/mol. The molecule has 2 fully saturated rings. The zero-order valence-electron chi connectivity index (χ0n) is 21.7. The van der Waals surface area contributed by atoms with Gasteiger partial charge in [-0.15, -0.1) is 0 Å². The molecule has 1 saturated carbocycles. The molecule has 0 unspecified atom stereocenters. The molecule has 1 amide bonds. The van der Waals surface area contributed by atoms with Gasteiger partial charge in [-0.1, -0.05) is 6.08 Å². The van der Waals surface area contributed by atoms with Crippen molar-refractivity contribution in [2.45, 2.75) is 64.0 Å². The fourth-order valence-corrected chi connectivity index (χ4v) is 6.18. The van der Waals surface area contributed by atoms with Crippen molar-refractivity contribution >= 4 is 18.2 Å². The minimum Gasteiger partial charge on any atom is -0.396 e. The van der Waals surface area contributed by atoms with Crippen molar-refractivity contribution in [1.29, 1.82) is 0 Å². The summed E-state index contributed by atoms with van der Waals surface area (Å²) in [5.74, 6) is 0.318. The fraction of sp³-hybridized carbons (Fsp3) is 0.552. The number of likely N-dealkylation sites (tertiary alicyclic amines) is 1. The maximum Gasteiger partial charge on any atom is 0.256 e. The number of fused-ring (bicyclic) bond motifs is 1. The third-order valence-electron chi connectivity index (χ3n) is 8.55. The normalized spacial score (nSPS) is 24.1. The van der Waals surface area contributed by atoms with E-state index >= 15 is 0 Å². The fourth-order valence-electron chi connectivity index (χ4n) is 6.18. The first-order valence-corrected chi connectivity index (χ1v) is 13.4. The lowest BCUT2D eigenvalue weighted by atomic mass is 9.81. The summed E-state index contributed by atoms with van der Waals surface area (Å²) in [6.45, 7) is 7.13. The number of nitrogens with zero attached hydrogens (tertiary/aromatic N) is 3. The molecule has 3 aliphatic rings. The van der Waals surface area contributed by atoms with Gasteiger partial charge in [-0.05, 0) is 88.1 Å². The van der Waals surface area contributed by atoms with Crippen molar-refractivity contribution in [3.05, 3.63) is 51.9 Å². The molecule has 2 aromatic rings. The number of carbonyl (C=O) groups excluding carboxylic acids is 1. The summed E-state index contributed by atoms with van der Waals surface area (Å²) in [5.41, 5.74) is 2.42. The molecule has 7 heteroatoms. The van der Waals surface area contributed by atoms with Crippen LogP contribution in [0.3, 0.4) is 0 Å². The van der Waals surface area contributed by atoms with E-state index in [0.29, 0.717) is 35.7 Å². The first-order valence-electron chi connectivity index (χ1n) is 13.4. The van der Waals surface area contributed by atoms with E-state index in [0.717, 1.165) is 44.2 Å². The predicted octanol–water partition coefficient (Wildman–Crippen LogP) is 2.56. The lowest BCUT2D eigenvalue weighted by Crippen LogP contribution is -2.39. The Bertz CT molecular complexity index is 1230. The molecule has 2 aliphatic heterocycles. The van der Waals surface area contributed by atoms with Crippen LogP contribution in [0.15, 0.2) is 24.4 Å². The minimum absolute atomic E-state index is 0.0165. The van der Waals surface area contributed by atoms with Crippen molar-refractivity contribution < 1.29 is 14.3 Å². The number of nitrogens with one attached hydrogen (secondary N) is 1. The van der Waals surface area contributed by atoms with Crippen molar-refractivity contribution in [1.82, 2.24) is 19.7 Å². The largest absolute Gasteiger partial charge is 0.396 e. The molecule has 194 valence electrons. The number of benzene rings is 1. The summed E-state index contributed by atoms with van der Waals surface area (Å²) in [4.78, 5) is 17.6. The van der Waals surface area contributed by atoms with Gasteiger partial charge in [-0.3, -0.25) is 4.79 Å². The summed E-state index contributed by atoms with van der Waals surface area (Å²) < 4.78 is 16.4. The van der Waals surface area contributed by atoms with Crippen LogP contribution >= 0.6 is 0 Å². The summed E-state index contributed by atoms with van der Waals surface area (Å²) in [6, 6.07) is 5.16. The summed E-state index contributed by atoms with van der Waals surface area (Å²) in [6.07, 6.45) is 12.2. The number of aliphatic hydroxyl groups excluding tert-OH is 1. The van der Waals surface area contributed by atoms with E-state index in [9.17, 15) is 14.3 Å². The van der Waals surface area contributed by atoms with Gasteiger partial charge >= 0.3 is 0 Å². The Morgan fingerprint density at radius 3 is 2.69 bits per heavy atom. The molecule has 36 heavy (non-hydrogen) atoms. The van der Waals surface area contributed by atoms with Gasteiger partial charge in [0.25, 0.3) is 5.91 Å². The second kappa shape index (κ2) is 10.4. The molecule has 1 saturated heterocycles. The zero-order valence-corrected chi connectivity index (χ0v) is 21.7. The van der Waals surface area contributed by atoms with Crippen molar-refractivity contribution in [2.24, 2.45) is 5.92 Å². The van der Waals surface area contributed by atoms with Crippen molar-refractivity contribution in [3.8, 4) is 5.69 Å². The standard InChI is InChI=1S/C29H39FN4O2/c1-19(2)32(3)29(36)25-14-22(30)6-9-27(25)34-17-26(24-10-12-31-15-28(24)34)21-4-7-23(8-5-21)33-13-11-20(16-33)18-35/h6,9-10,14-15,17,19-21,23,31,35H,4-5,7-8,11-13,16,18H2,1-3H3/t20-,21?,23?/m1/s1. The third-order valence-corrected chi connectivity index (χ3v) is 8.55. The van der Waals surface area contributed by atoms with E-state index in [1.165, 1.54) is 35.8 Å². The van der Waals surface area contributed by atoms with Crippen LogP contribution in [-0.2, 0) is 0 Å². The van der Waals surface area contributed by atoms with Crippen LogP contribution in [0.2, 0.25) is 0 Å². The van der Waals surface area contributed by atoms with Crippen molar-refractivity contribution in [3.63, 3.8) is 0 Å². The second-order valence-corrected chi connectivity index (χ2v) is 11.0. The van der Waals surface area contributed by atoms with Crippen LogP contribution in [0.25, 0.3) is 18.0 Å². The highest BCUT2D eigenvalue weighted by Gasteiger charge is 2.32. The molecular formula is C29H39FN4O2. The number of hydrogen-bond donors (Lipinski definition) is 2. The van der Waals surface area contributed by atoms with Crippen LogP contribution in [0.1, 0.15) is 67.8 Å². The highest BCUT2D eigenvalue weighted by Crippen LogP contribution is 2.35. The average Bonchev–Trinajstić information content (AvgIpc) is 3.53. The van der Waals surface area contributed by atoms with E-state index in [1.54, 1.807) is 18.0 Å². The highest BCUT2D eigenvalue weighted by molar-refractivity contribution is 5.98. The number of amides is 1. The van der Waals surface area contributed by atoms with Crippen molar-refractivity contribution in [2.75, 3.05) is 33.3 Å². The molecule has 1 aromatic carbocycles. The maximum atomic E-state index is 14.3. The summed E-state index contributed by atoms with van der Waals surface area (Å²) in [7, 11) is 1.77. The van der Waals surface area contributed by atoms with E-state index in [-0.39, 0.29) is 11.9 Å². The average molecular weight is 495 g/mol. The third kappa shape index (κ3) is 4.71. The molecule has 1 aliphatic carbocycles. The molecule has 3 heterocycles. The molecule has 6 nitrogen and oxygen atoms in total. The second-order valence-electron chi connectivity index (χ2n) is 11.0. The van der Waals surface area contributed by atoms with Gasteiger partial charge in [0.2, 0.25) is 0 Å². The molecule has 1 atom stereocenters. The summed E-state index contributed by atoms with van der Waals surface area (Å²) in [5, 5.41) is 15.1. The summed E-state index contributed by atoms with van der Waals surface area (Å²) >= 11 is 0. The molecule has 1 aromatic heterocycles. The topological polar surface area (TPSA) is 60.7 Å². The van der Waals surface area contributed by atoms with Gasteiger partial charge in [0.1, 0.15) is 5.82 Å². The van der Waals surface area contributed by atoms with Crippen LogP contribution in [0.5, 0.6) is 0 Å². The number of carbonyl (C=O) groups is 1. The number of aliphatic hydroxyl groups is 1. The number of rotatable bonds is 6. The first-order chi connectivity index (χ1) is 17.4. The van der Waals surface area contributed by atoms with E-state index in [2.05, 4.69) is 27.1 Å². The molecule has 5 rings (SSSR count). The predicted molar refractivity (Wildman–Crippen MR) is 141 cm³/mol. The Hall–Kier alpha value is -2.64. The maximum absolute atomic E-state index is 14.3. The highest BCUT2D eigenvalue weighted by atomic mass is 19.1. The Balaban J connectivity index is 1.46. The van der Waals surface area contributed by atoms with Crippen LogP contribution in [0, 0.1) is 11.7 Å². The van der Waals surface area contributed by atoms with Crippen LogP contribution in [0.4, 0.5) is 4.39 Å². The van der Waals surface area contributed by atoms with Gasteiger partial charge in [0.05, 0.1) is 16.6 Å². The molecule has 0 radical (unpaired) electrons. The van der Waals surface area contributed by atoms with Gasteiger partial charge in [0.15, 0.2) is 0 Å². The number of halogens is 1. The number of aromatic nitrogens is 1. The van der Waals surface area contributed by atoms with Gasteiger partial charge < -0.3 is 24.8 Å². The van der Waals surface area contributed by atoms with Gasteiger partial charge in [-0.2, -0.15) is 0 Å². The van der Waals surface area contributed by atoms with Gasteiger partial charge in [0, 0.05) is 56.4 Å². The first kappa shape index (κ1) is 25.0. The van der Waals surface area contributed by atoms with E-state index in [1.807, 2.05) is 20.0 Å². The zero-order chi connectivity index (χ0) is 25.4. The minimum atomic E-state index is -0.405. The monoisotopic (exact) mass is 494 g/mol. The number of hydrogen-bond acceptors (Lipinski definition) is 4. The van der Waals surface area contributed by atoms with E-state index < -0.39 is 5.82 Å². The Labute approximate surface area is 213 Å². The smallest absolute Gasteiger partial charge is 0.256 e. The van der Waals surface area contributed by atoms with Crippen LogP contribution in [-0.4, -0.2) is 70.8 Å². The SMILES string of the molecule is CC(C)N(C)C(=O)c1cc(F)ccc1-n1cc(C2CCC(N3CC[C@@H](CO)C3)CC2)c2c1=CNCC=2. The quantitative estimate of drug-likeness (QED) is 0.648. The van der Waals surface area contributed by atoms with E-state index in [4.69, 9.17) is 0 Å². The lowest BCUT2D eigenvalue weighted by molar-refractivity contribution is 0.0754. The van der Waals surface area contributed by atoms with Crippen LogP contribution < -0.4 is 15.9 Å². The Morgan fingerprint density at radius 2 is 2.00 bits per heavy atom.